The van der Waals surface area contributed by atoms with Gasteiger partial charge in [-0.15, -0.1) is 0 Å². The lowest BCUT2D eigenvalue weighted by atomic mass is 10.0. The van der Waals surface area contributed by atoms with E-state index in [-0.39, 0.29) is 5.91 Å². The number of allylic oxidation sites excluding steroid dienone is 3. The van der Waals surface area contributed by atoms with Crippen LogP contribution in [-0.2, 0) is 14.9 Å². The Kier molecular flexibility index (Phi) is 37.6. The molecule has 0 saturated heterocycles. The van der Waals surface area contributed by atoms with Crippen LogP contribution in [0.3, 0.4) is 0 Å². The minimum Gasteiger partial charge on any atom is -0.387 e. The third-order valence-corrected chi connectivity index (χ3v) is 10.9. The van der Waals surface area contributed by atoms with Crippen LogP contribution in [0.1, 0.15) is 232 Å². The quantitative estimate of drug-likeness (QED) is 0.0330. The summed E-state index contributed by atoms with van der Waals surface area (Å²) in [5.41, 5.74) is 0. The van der Waals surface area contributed by atoms with Crippen molar-refractivity contribution in [2.45, 2.75) is 244 Å². The molecular formula is C44H85NO5S. The molecule has 0 rings (SSSR count). The molecule has 7 heteroatoms. The van der Waals surface area contributed by atoms with E-state index in [1.54, 1.807) is 0 Å². The molecule has 1 amide bonds. The zero-order valence-corrected chi connectivity index (χ0v) is 34.6. The Morgan fingerprint density at radius 2 is 0.843 bits per heavy atom. The highest BCUT2D eigenvalue weighted by Gasteiger charge is 2.24. The van der Waals surface area contributed by atoms with Gasteiger partial charge in [0.15, 0.2) is 0 Å². The minimum atomic E-state index is -4.35. The van der Waals surface area contributed by atoms with Crippen LogP contribution in [0.5, 0.6) is 0 Å². The molecule has 302 valence electrons. The molecule has 6 nitrogen and oxygen atoms in total. The van der Waals surface area contributed by atoms with Gasteiger partial charge in [0.25, 0.3) is 10.1 Å². The van der Waals surface area contributed by atoms with Gasteiger partial charge >= 0.3 is 0 Å². The number of aliphatic hydroxyl groups excluding tert-OH is 1. The van der Waals surface area contributed by atoms with Crippen LogP contribution in [0.2, 0.25) is 0 Å². The molecule has 0 fully saturated rings. The Bertz CT molecular complexity index is 903. The van der Waals surface area contributed by atoms with Gasteiger partial charge in [-0.3, -0.25) is 9.35 Å². The summed E-state index contributed by atoms with van der Waals surface area (Å²) >= 11 is 0. The first-order valence-electron chi connectivity index (χ1n) is 22.0. The first-order chi connectivity index (χ1) is 24.8. The summed E-state index contributed by atoms with van der Waals surface area (Å²) < 4.78 is 32.5. The van der Waals surface area contributed by atoms with Gasteiger partial charge < -0.3 is 10.4 Å². The van der Waals surface area contributed by atoms with E-state index >= 15 is 0 Å². The summed E-state index contributed by atoms with van der Waals surface area (Å²) in [4.78, 5) is 12.5. The SMILES string of the molecule is CCCCCCCCCCCCCCC/C=C/CC/C=C/C(O)C(CS(=O)(=O)O)NC(=O)CCCCCCCCCCCCCCCCCCC. The fourth-order valence-corrected chi connectivity index (χ4v) is 7.55. The molecule has 0 bridgehead atoms. The lowest BCUT2D eigenvalue weighted by Crippen LogP contribution is -2.46. The number of hydrogen-bond donors (Lipinski definition) is 3. The summed E-state index contributed by atoms with van der Waals surface area (Å²) in [6.07, 6.45) is 48.8. The second-order valence-corrected chi connectivity index (χ2v) is 16.8. The highest BCUT2D eigenvalue weighted by Crippen LogP contribution is 2.16. The van der Waals surface area contributed by atoms with Crippen molar-refractivity contribution in [3.63, 3.8) is 0 Å². The van der Waals surface area contributed by atoms with E-state index in [2.05, 4.69) is 31.3 Å². The van der Waals surface area contributed by atoms with E-state index in [9.17, 15) is 22.9 Å². The molecular weight excluding hydrogens is 655 g/mol. The second kappa shape index (κ2) is 38.5. The number of amides is 1. The largest absolute Gasteiger partial charge is 0.387 e. The van der Waals surface area contributed by atoms with Crippen molar-refractivity contribution in [3.05, 3.63) is 24.3 Å². The topological polar surface area (TPSA) is 104 Å². The Labute approximate surface area is 317 Å². The van der Waals surface area contributed by atoms with Crippen molar-refractivity contribution in [2.75, 3.05) is 5.75 Å². The van der Waals surface area contributed by atoms with E-state index in [0.717, 1.165) is 38.5 Å². The lowest BCUT2D eigenvalue weighted by molar-refractivity contribution is -0.122. The molecule has 2 atom stereocenters. The van der Waals surface area contributed by atoms with Crippen molar-refractivity contribution in [3.8, 4) is 0 Å². The third kappa shape index (κ3) is 39.9. The number of nitrogens with one attached hydrogen (secondary N) is 1. The van der Waals surface area contributed by atoms with Crippen LogP contribution in [0, 0.1) is 0 Å². The third-order valence-electron chi connectivity index (χ3n) is 10.1. The average Bonchev–Trinajstić information content (AvgIpc) is 3.09. The molecule has 0 aliphatic carbocycles. The van der Waals surface area contributed by atoms with Gasteiger partial charge in [-0.25, -0.2) is 0 Å². The average molecular weight is 740 g/mol. The van der Waals surface area contributed by atoms with Gasteiger partial charge in [-0.1, -0.05) is 218 Å². The van der Waals surface area contributed by atoms with E-state index < -0.39 is 28.0 Å². The van der Waals surface area contributed by atoms with Gasteiger partial charge in [-0.05, 0) is 32.1 Å². The van der Waals surface area contributed by atoms with Crippen LogP contribution < -0.4 is 5.32 Å². The number of unbranched alkanes of at least 4 members (excludes halogenated alkanes) is 30. The van der Waals surface area contributed by atoms with Crippen LogP contribution in [0.25, 0.3) is 0 Å². The fraction of sp³-hybridized carbons (Fsp3) is 0.886. The molecule has 3 N–H and O–H groups in total. The molecule has 0 aromatic carbocycles. The van der Waals surface area contributed by atoms with Gasteiger partial charge in [0.2, 0.25) is 5.91 Å². The van der Waals surface area contributed by atoms with Crippen LogP contribution in [-0.4, -0.2) is 41.9 Å². The van der Waals surface area contributed by atoms with E-state index in [1.165, 1.54) is 179 Å². The van der Waals surface area contributed by atoms with E-state index in [1.807, 2.05) is 6.08 Å². The second-order valence-electron chi connectivity index (χ2n) is 15.3. The number of hydrogen-bond acceptors (Lipinski definition) is 4. The fourth-order valence-electron chi connectivity index (χ4n) is 6.82. The number of carbonyl (C=O) groups excluding carboxylic acids is 1. The monoisotopic (exact) mass is 740 g/mol. The maximum Gasteiger partial charge on any atom is 0.267 e. The summed E-state index contributed by atoms with van der Waals surface area (Å²) in [5.74, 6) is -0.990. The van der Waals surface area contributed by atoms with Gasteiger partial charge in [0.05, 0.1) is 17.9 Å². The normalized spacial score (nSPS) is 13.4. The number of carbonyl (C=O) groups is 1. The molecule has 0 aliphatic heterocycles. The lowest BCUT2D eigenvalue weighted by Gasteiger charge is -2.21. The molecule has 0 aromatic rings. The van der Waals surface area contributed by atoms with Crippen LogP contribution in [0.15, 0.2) is 24.3 Å². The molecule has 0 spiro atoms. The molecule has 0 aliphatic rings. The van der Waals surface area contributed by atoms with Gasteiger partial charge in [-0.2, -0.15) is 8.42 Å². The molecule has 0 saturated carbocycles. The van der Waals surface area contributed by atoms with Gasteiger partial charge in [0.1, 0.15) is 0 Å². The van der Waals surface area contributed by atoms with E-state index in [4.69, 9.17) is 0 Å². The van der Waals surface area contributed by atoms with Crippen LogP contribution >= 0.6 is 0 Å². The van der Waals surface area contributed by atoms with Crippen molar-refractivity contribution < 1.29 is 22.9 Å². The molecule has 0 heterocycles. The summed E-state index contributed by atoms with van der Waals surface area (Å²) in [6.45, 7) is 4.54. The first kappa shape index (κ1) is 49.8. The van der Waals surface area contributed by atoms with Crippen molar-refractivity contribution in [1.82, 2.24) is 5.32 Å². The molecule has 0 aromatic heterocycles. The van der Waals surface area contributed by atoms with E-state index in [0.29, 0.717) is 6.42 Å². The van der Waals surface area contributed by atoms with Crippen molar-refractivity contribution in [1.29, 1.82) is 0 Å². The maximum atomic E-state index is 12.5. The molecule has 2 unspecified atom stereocenters. The Hall–Kier alpha value is -1.18. The van der Waals surface area contributed by atoms with Crippen molar-refractivity contribution >= 4 is 16.0 Å². The zero-order chi connectivity index (χ0) is 37.5. The van der Waals surface area contributed by atoms with Crippen LogP contribution in [0.4, 0.5) is 0 Å². The standard InChI is InChI=1S/C44H85NO5S/c1-3-5-7-9-11-13-15-17-19-21-22-24-25-27-29-31-33-35-37-39-43(46)42(41-51(48,49)50)45-44(47)40-38-36-34-32-30-28-26-23-20-18-16-14-12-10-8-6-4-2/h29,31,37,39,42-43,46H,3-28,30,32-36,38,40-41H2,1-2H3,(H,45,47)(H,48,49,50)/b31-29+,39-37+. The Morgan fingerprint density at radius 1 is 0.510 bits per heavy atom. The summed E-state index contributed by atoms with van der Waals surface area (Å²) in [5, 5.41) is 13.2. The summed E-state index contributed by atoms with van der Waals surface area (Å²) in [6, 6.07) is -1.07. The number of aliphatic hydroxyl groups is 1. The highest BCUT2D eigenvalue weighted by atomic mass is 32.2. The maximum absolute atomic E-state index is 12.5. The Morgan fingerprint density at radius 3 is 1.24 bits per heavy atom. The predicted molar refractivity (Wildman–Crippen MR) is 221 cm³/mol. The zero-order valence-electron chi connectivity index (χ0n) is 33.7. The smallest absolute Gasteiger partial charge is 0.267 e. The molecule has 0 radical (unpaired) electrons. The number of rotatable bonds is 40. The minimum absolute atomic E-state index is 0.284. The highest BCUT2D eigenvalue weighted by molar-refractivity contribution is 7.85. The summed E-state index contributed by atoms with van der Waals surface area (Å²) in [7, 11) is -4.35. The first-order valence-corrected chi connectivity index (χ1v) is 23.6. The van der Waals surface area contributed by atoms with Gasteiger partial charge in [0, 0.05) is 6.42 Å². The molecule has 51 heavy (non-hydrogen) atoms. The Balaban J connectivity index is 3.90. The predicted octanol–water partition coefficient (Wildman–Crippen LogP) is 13.1. The van der Waals surface area contributed by atoms with Crippen molar-refractivity contribution in [2.24, 2.45) is 0 Å².